The third-order valence-corrected chi connectivity index (χ3v) is 3.10. The zero-order chi connectivity index (χ0) is 10.6. The van der Waals surface area contributed by atoms with Crippen LogP contribution in [0.3, 0.4) is 0 Å². The quantitative estimate of drug-likeness (QED) is 0.658. The summed E-state index contributed by atoms with van der Waals surface area (Å²) in [7, 11) is 0. The van der Waals surface area contributed by atoms with E-state index in [2.05, 4.69) is 19.2 Å². The van der Waals surface area contributed by atoms with Gasteiger partial charge >= 0.3 is 0 Å². The van der Waals surface area contributed by atoms with Crippen LogP contribution in [-0.2, 0) is 0 Å². The molecule has 1 aliphatic carbocycles. The molecule has 0 aromatic heterocycles. The molecule has 0 aromatic carbocycles. The van der Waals surface area contributed by atoms with Crippen molar-refractivity contribution >= 4 is 0 Å². The van der Waals surface area contributed by atoms with Crippen LogP contribution in [0, 0.1) is 11.8 Å². The summed E-state index contributed by atoms with van der Waals surface area (Å²) in [5, 5.41) is 12.9. The van der Waals surface area contributed by atoms with Crippen molar-refractivity contribution in [2.45, 2.75) is 58.6 Å². The van der Waals surface area contributed by atoms with Gasteiger partial charge in [0.1, 0.15) is 0 Å². The monoisotopic (exact) mass is 199 g/mol. The third-order valence-electron chi connectivity index (χ3n) is 3.10. The Kier molecular flexibility index (Phi) is 4.90. The number of nitrogens with one attached hydrogen (secondary N) is 1. The molecule has 1 fully saturated rings. The molecule has 14 heavy (non-hydrogen) atoms. The first-order valence-electron chi connectivity index (χ1n) is 6.05. The van der Waals surface area contributed by atoms with Gasteiger partial charge in [-0.3, -0.25) is 0 Å². The van der Waals surface area contributed by atoms with Crippen molar-refractivity contribution in [3.8, 4) is 0 Å². The molecule has 1 rings (SSSR count). The Morgan fingerprint density at radius 3 is 2.43 bits per heavy atom. The van der Waals surface area contributed by atoms with Crippen LogP contribution in [0.25, 0.3) is 0 Å². The molecular weight excluding hydrogens is 174 g/mol. The van der Waals surface area contributed by atoms with Gasteiger partial charge in [0, 0.05) is 6.04 Å². The van der Waals surface area contributed by atoms with E-state index >= 15 is 0 Å². The standard InChI is InChI=1S/C12H25NO/c1-4-12(11-5-6-11)13-8-9(2)7-10(3)14/h9-14H,4-8H2,1-3H3. The van der Waals surface area contributed by atoms with Crippen molar-refractivity contribution < 1.29 is 5.11 Å². The molecule has 2 nitrogen and oxygen atoms in total. The Hall–Kier alpha value is -0.0800. The van der Waals surface area contributed by atoms with Crippen LogP contribution >= 0.6 is 0 Å². The van der Waals surface area contributed by atoms with E-state index in [0.717, 1.165) is 24.9 Å². The highest BCUT2D eigenvalue weighted by molar-refractivity contribution is 4.85. The maximum Gasteiger partial charge on any atom is 0.0515 e. The Bertz CT molecular complexity index is 154. The molecule has 0 heterocycles. The summed E-state index contributed by atoms with van der Waals surface area (Å²) in [4.78, 5) is 0. The van der Waals surface area contributed by atoms with Crippen molar-refractivity contribution in [2.75, 3.05) is 6.54 Å². The van der Waals surface area contributed by atoms with Crippen LogP contribution in [-0.4, -0.2) is 23.8 Å². The second-order valence-corrected chi connectivity index (χ2v) is 4.95. The molecule has 0 radical (unpaired) electrons. The van der Waals surface area contributed by atoms with Gasteiger partial charge < -0.3 is 10.4 Å². The van der Waals surface area contributed by atoms with Gasteiger partial charge in [-0.15, -0.1) is 0 Å². The number of hydrogen-bond acceptors (Lipinski definition) is 2. The lowest BCUT2D eigenvalue weighted by atomic mass is 10.0. The minimum atomic E-state index is -0.159. The lowest BCUT2D eigenvalue weighted by Crippen LogP contribution is -2.34. The minimum absolute atomic E-state index is 0.159. The second kappa shape index (κ2) is 5.72. The van der Waals surface area contributed by atoms with E-state index in [1.807, 2.05) is 6.92 Å². The highest BCUT2D eigenvalue weighted by atomic mass is 16.3. The van der Waals surface area contributed by atoms with Crippen LogP contribution in [0.4, 0.5) is 0 Å². The summed E-state index contributed by atoms with van der Waals surface area (Å²) in [6.07, 6.45) is 4.82. The van der Waals surface area contributed by atoms with Crippen molar-refractivity contribution in [3.05, 3.63) is 0 Å². The first kappa shape index (κ1) is 12.0. The molecule has 3 unspecified atom stereocenters. The van der Waals surface area contributed by atoms with E-state index in [0.29, 0.717) is 5.92 Å². The molecule has 0 aliphatic heterocycles. The maximum atomic E-state index is 9.24. The van der Waals surface area contributed by atoms with E-state index < -0.39 is 0 Å². The maximum absolute atomic E-state index is 9.24. The molecule has 0 spiro atoms. The largest absolute Gasteiger partial charge is 0.393 e. The van der Waals surface area contributed by atoms with E-state index in [4.69, 9.17) is 0 Å². The summed E-state index contributed by atoms with van der Waals surface area (Å²) in [6, 6.07) is 0.728. The fourth-order valence-electron chi connectivity index (χ4n) is 2.16. The van der Waals surface area contributed by atoms with Gasteiger partial charge in [0.25, 0.3) is 0 Å². The van der Waals surface area contributed by atoms with Gasteiger partial charge in [-0.05, 0) is 51.0 Å². The van der Waals surface area contributed by atoms with Crippen LogP contribution in [0.5, 0.6) is 0 Å². The zero-order valence-electron chi connectivity index (χ0n) is 9.79. The van der Waals surface area contributed by atoms with Gasteiger partial charge in [-0.2, -0.15) is 0 Å². The first-order valence-corrected chi connectivity index (χ1v) is 6.05. The van der Waals surface area contributed by atoms with Gasteiger partial charge in [0.15, 0.2) is 0 Å². The van der Waals surface area contributed by atoms with Crippen molar-refractivity contribution in [3.63, 3.8) is 0 Å². The smallest absolute Gasteiger partial charge is 0.0515 e. The van der Waals surface area contributed by atoms with Crippen molar-refractivity contribution in [1.29, 1.82) is 0 Å². The Balaban J connectivity index is 2.10. The van der Waals surface area contributed by atoms with Crippen LogP contribution in [0.2, 0.25) is 0 Å². The van der Waals surface area contributed by atoms with Gasteiger partial charge in [0.05, 0.1) is 6.10 Å². The topological polar surface area (TPSA) is 32.3 Å². The van der Waals surface area contributed by atoms with Crippen molar-refractivity contribution in [2.24, 2.45) is 11.8 Å². The summed E-state index contributed by atoms with van der Waals surface area (Å²) >= 11 is 0. The highest BCUT2D eigenvalue weighted by Gasteiger charge is 2.29. The molecule has 84 valence electrons. The fourth-order valence-corrected chi connectivity index (χ4v) is 2.16. The number of aliphatic hydroxyl groups excluding tert-OH is 1. The normalized spacial score (nSPS) is 23.1. The average Bonchev–Trinajstić information content (AvgIpc) is 2.87. The molecule has 0 amide bonds. The molecule has 0 aromatic rings. The molecule has 1 aliphatic rings. The summed E-state index contributed by atoms with van der Waals surface area (Å²) < 4.78 is 0. The van der Waals surface area contributed by atoms with Crippen molar-refractivity contribution in [1.82, 2.24) is 5.32 Å². The summed E-state index contributed by atoms with van der Waals surface area (Å²) in [6.45, 7) is 7.39. The second-order valence-electron chi connectivity index (χ2n) is 4.95. The Labute approximate surface area is 88.1 Å². The molecule has 1 saturated carbocycles. The lowest BCUT2D eigenvalue weighted by Gasteiger charge is -2.20. The lowest BCUT2D eigenvalue weighted by molar-refractivity contribution is 0.162. The Morgan fingerprint density at radius 2 is 2.00 bits per heavy atom. The van der Waals surface area contributed by atoms with Crippen LogP contribution in [0.1, 0.15) is 46.5 Å². The van der Waals surface area contributed by atoms with Crippen LogP contribution < -0.4 is 5.32 Å². The molecule has 0 saturated heterocycles. The van der Waals surface area contributed by atoms with Gasteiger partial charge in [-0.25, -0.2) is 0 Å². The average molecular weight is 199 g/mol. The summed E-state index contributed by atoms with van der Waals surface area (Å²) in [5.41, 5.74) is 0. The molecule has 2 N–H and O–H groups in total. The van der Waals surface area contributed by atoms with Crippen LogP contribution in [0.15, 0.2) is 0 Å². The van der Waals surface area contributed by atoms with Gasteiger partial charge in [-0.1, -0.05) is 13.8 Å². The molecule has 0 bridgehead atoms. The SMILES string of the molecule is CCC(NCC(C)CC(C)O)C1CC1. The van der Waals surface area contributed by atoms with Gasteiger partial charge in [0.2, 0.25) is 0 Å². The highest BCUT2D eigenvalue weighted by Crippen LogP contribution is 2.33. The molecule has 2 heteroatoms. The molecule has 3 atom stereocenters. The van der Waals surface area contributed by atoms with E-state index in [-0.39, 0.29) is 6.10 Å². The predicted molar refractivity (Wildman–Crippen MR) is 60.3 cm³/mol. The zero-order valence-corrected chi connectivity index (χ0v) is 9.79. The number of rotatable bonds is 7. The third kappa shape index (κ3) is 4.43. The predicted octanol–water partition coefficient (Wildman–Crippen LogP) is 2.17. The Morgan fingerprint density at radius 1 is 1.36 bits per heavy atom. The van der Waals surface area contributed by atoms with E-state index in [1.165, 1.54) is 19.3 Å². The fraction of sp³-hybridized carbons (Fsp3) is 1.00. The first-order chi connectivity index (χ1) is 6.63. The number of hydrogen-bond donors (Lipinski definition) is 2. The van der Waals surface area contributed by atoms with E-state index in [1.54, 1.807) is 0 Å². The number of aliphatic hydroxyl groups is 1. The summed E-state index contributed by atoms with van der Waals surface area (Å²) in [5.74, 6) is 1.53. The molecular formula is C12H25NO. The minimum Gasteiger partial charge on any atom is -0.393 e. The van der Waals surface area contributed by atoms with E-state index in [9.17, 15) is 5.11 Å².